The van der Waals surface area contributed by atoms with Crippen LogP contribution in [0.1, 0.15) is 29.4 Å². The summed E-state index contributed by atoms with van der Waals surface area (Å²) in [7, 11) is 1.87. The lowest BCUT2D eigenvalue weighted by Gasteiger charge is -2.14. The number of hydrogen-bond acceptors (Lipinski definition) is 4. The second-order valence-corrected chi connectivity index (χ2v) is 4.93. The Morgan fingerprint density at radius 2 is 1.95 bits per heavy atom. The molecule has 0 bridgehead atoms. The summed E-state index contributed by atoms with van der Waals surface area (Å²) < 4.78 is 7.63. The first-order valence-electron chi connectivity index (χ1n) is 6.88. The molecule has 0 aliphatic heterocycles. The number of ether oxygens (including phenoxy) is 1. The van der Waals surface area contributed by atoms with Crippen molar-refractivity contribution in [2.24, 2.45) is 7.05 Å². The van der Waals surface area contributed by atoms with Gasteiger partial charge in [-0.15, -0.1) is 0 Å². The fourth-order valence-corrected chi connectivity index (χ4v) is 2.23. The van der Waals surface area contributed by atoms with E-state index in [1.54, 1.807) is 4.68 Å². The van der Waals surface area contributed by atoms with E-state index >= 15 is 0 Å². The van der Waals surface area contributed by atoms with Crippen LogP contribution in [0.15, 0.2) is 18.5 Å². The van der Waals surface area contributed by atoms with E-state index in [2.05, 4.69) is 48.3 Å². The van der Waals surface area contributed by atoms with E-state index in [9.17, 15) is 0 Å². The third kappa shape index (κ3) is 3.36. The lowest BCUT2D eigenvalue weighted by atomic mass is 10.1. The Labute approximate surface area is 120 Å². The van der Waals surface area contributed by atoms with Crippen molar-refractivity contribution in [1.82, 2.24) is 20.1 Å². The van der Waals surface area contributed by atoms with Crippen molar-refractivity contribution >= 4 is 0 Å². The minimum absolute atomic E-state index is 0.435. The molecule has 0 unspecified atom stereocenters. The number of rotatable bonds is 6. The quantitative estimate of drug-likeness (QED) is 0.876. The first kappa shape index (κ1) is 14.5. The number of hydrogen-bond donors (Lipinski definition) is 1. The van der Waals surface area contributed by atoms with Gasteiger partial charge in [-0.05, 0) is 37.1 Å². The molecule has 1 N–H and O–H groups in total. The molecule has 0 aliphatic rings. The lowest BCUT2D eigenvalue weighted by Crippen LogP contribution is -2.12. The van der Waals surface area contributed by atoms with E-state index in [4.69, 9.17) is 4.74 Å². The zero-order chi connectivity index (χ0) is 14.5. The number of aryl methyl sites for hydroxylation is 3. The normalized spacial score (nSPS) is 10.8. The van der Waals surface area contributed by atoms with Crippen LogP contribution in [0.5, 0.6) is 5.75 Å². The van der Waals surface area contributed by atoms with E-state index in [1.807, 2.05) is 7.05 Å². The van der Waals surface area contributed by atoms with E-state index in [0.717, 1.165) is 35.8 Å². The molecule has 0 fully saturated rings. The maximum Gasteiger partial charge on any atom is 0.164 e. The second-order valence-electron chi connectivity index (χ2n) is 4.93. The minimum Gasteiger partial charge on any atom is -0.485 e. The molecule has 5 heteroatoms. The molecule has 5 nitrogen and oxygen atoms in total. The molecule has 1 heterocycles. The summed E-state index contributed by atoms with van der Waals surface area (Å²) in [6.07, 6.45) is 1.54. The number of benzene rings is 1. The molecule has 0 atom stereocenters. The molecule has 2 rings (SSSR count). The van der Waals surface area contributed by atoms with E-state index in [0.29, 0.717) is 6.61 Å². The first-order chi connectivity index (χ1) is 9.61. The minimum atomic E-state index is 0.435. The SMILES string of the molecule is CCNCc1cc(C)c(OCc2ncnn2C)c(C)c1. The van der Waals surface area contributed by atoms with Crippen molar-refractivity contribution in [2.45, 2.75) is 33.9 Å². The van der Waals surface area contributed by atoms with Crippen LogP contribution < -0.4 is 10.1 Å². The molecule has 1 aromatic carbocycles. The van der Waals surface area contributed by atoms with Gasteiger partial charge in [-0.25, -0.2) is 4.98 Å². The Hall–Kier alpha value is -1.88. The Kier molecular flexibility index (Phi) is 4.74. The molecule has 2 aromatic rings. The van der Waals surface area contributed by atoms with Crippen LogP contribution in [-0.4, -0.2) is 21.3 Å². The lowest BCUT2D eigenvalue weighted by molar-refractivity contribution is 0.286. The van der Waals surface area contributed by atoms with E-state index in [-0.39, 0.29) is 0 Å². The number of nitrogens with one attached hydrogen (secondary N) is 1. The summed E-state index contributed by atoms with van der Waals surface area (Å²) in [5.41, 5.74) is 3.59. The standard InChI is InChI=1S/C15H22N4O/c1-5-16-8-13-6-11(2)15(12(3)7-13)20-9-14-17-10-18-19(14)4/h6-7,10,16H,5,8-9H2,1-4H3. The molecule has 0 spiro atoms. The smallest absolute Gasteiger partial charge is 0.164 e. The topological polar surface area (TPSA) is 52.0 Å². The van der Waals surface area contributed by atoms with Crippen molar-refractivity contribution < 1.29 is 4.74 Å². The van der Waals surface area contributed by atoms with Gasteiger partial charge in [0, 0.05) is 13.6 Å². The predicted octanol–water partition coefficient (Wildman–Crippen LogP) is 2.12. The van der Waals surface area contributed by atoms with Crippen LogP contribution in [0.3, 0.4) is 0 Å². The highest BCUT2D eigenvalue weighted by molar-refractivity contribution is 5.43. The largest absolute Gasteiger partial charge is 0.485 e. The summed E-state index contributed by atoms with van der Waals surface area (Å²) in [6.45, 7) is 8.57. The summed E-state index contributed by atoms with van der Waals surface area (Å²) >= 11 is 0. The van der Waals surface area contributed by atoms with E-state index in [1.165, 1.54) is 11.9 Å². The fraction of sp³-hybridized carbons (Fsp3) is 0.467. The highest BCUT2D eigenvalue weighted by atomic mass is 16.5. The van der Waals surface area contributed by atoms with Gasteiger partial charge in [-0.1, -0.05) is 19.1 Å². The highest BCUT2D eigenvalue weighted by Gasteiger charge is 2.08. The maximum absolute atomic E-state index is 5.91. The average molecular weight is 274 g/mol. The van der Waals surface area contributed by atoms with Gasteiger partial charge in [0.2, 0.25) is 0 Å². The van der Waals surface area contributed by atoms with Gasteiger partial charge in [0.1, 0.15) is 18.7 Å². The number of nitrogens with zero attached hydrogens (tertiary/aromatic N) is 3. The Morgan fingerprint density at radius 1 is 1.25 bits per heavy atom. The zero-order valence-electron chi connectivity index (χ0n) is 12.6. The van der Waals surface area contributed by atoms with Crippen molar-refractivity contribution in [3.63, 3.8) is 0 Å². The van der Waals surface area contributed by atoms with Crippen LogP contribution in [0.4, 0.5) is 0 Å². The number of aromatic nitrogens is 3. The van der Waals surface area contributed by atoms with Gasteiger partial charge in [-0.3, -0.25) is 4.68 Å². The molecule has 0 saturated carbocycles. The van der Waals surface area contributed by atoms with Crippen LogP contribution in [0.2, 0.25) is 0 Å². The second kappa shape index (κ2) is 6.52. The molecule has 0 amide bonds. The van der Waals surface area contributed by atoms with Crippen molar-refractivity contribution in [3.05, 3.63) is 41.0 Å². The Morgan fingerprint density at radius 3 is 2.50 bits per heavy atom. The van der Waals surface area contributed by atoms with Gasteiger partial charge in [-0.2, -0.15) is 5.10 Å². The van der Waals surface area contributed by atoms with Crippen LogP contribution in [-0.2, 0) is 20.2 Å². The maximum atomic E-state index is 5.91. The molecule has 0 saturated heterocycles. The van der Waals surface area contributed by atoms with Crippen LogP contribution >= 0.6 is 0 Å². The van der Waals surface area contributed by atoms with Crippen molar-refractivity contribution in [3.8, 4) is 5.75 Å². The van der Waals surface area contributed by atoms with Gasteiger partial charge < -0.3 is 10.1 Å². The van der Waals surface area contributed by atoms with E-state index < -0.39 is 0 Å². The van der Waals surface area contributed by atoms with Gasteiger partial charge in [0.25, 0.3) is 0 Å². The average Bonchev–Trinajstić information content (AvgIpc) is 2.81. The van der Waals surface area contributed by atoms with Crippen LogP contribution in [0.25, 0.3) is 0 Å². The summed E-state index contributed by atoms with van der Waals surface area (Å²) in [5.74, 6) is 1.76. The van der Waals surface area contributed by atoms with Gasteiger partial charge >= 0.3 is 0 Å². The third-order valence-electron chi connectivity index (χ3n) is 3.25. The van der Waals surface area contributed by atoms with Crippen molar-refractivity contribution in [1.29, 1.82) is 0 Å². The van der Waals surface area contributed by atoms with Gasteiger partial charge in [0.05, 0.1) is 0 Å². The molecule has 1 aromatic heterocycles. The molecular formula is C15H22N4O. The highest BCUT2D eigenvalue weighted by Crippen LogP contribution is 2.25. The summed E-state index contributed by atoms with van der Waals surface area (Å²) in [4.78, 5) is 4.17. The van der Waals surface area contributed by atoms with Crippen LogP contribution in [0, 0.1) is 13.8 Å². The first-order valence-corrected chi connectivity index (χ1v) is 6.88. The molecule has 0 radical (unpaired) electrons. The summed E-state index contributed by atoms with van der Waals surface area (Å²) in [6, 6.07) is 4.34. The zero-order valence-corrected chi connectivity index (χ0v) is 12.6. The molecule has 108 valence electrons. The molecular weight excluding hydrogens is 252 g/mol. The fourth-order valence-electron chi connectivity index (χ4n) is 2.23. The Balaban J connectivity index is 2.10. The van der Waals surface area contributed by atoms with Crippen molar-refractivity contribution in [2.75, 3.05) is 6.54 Å². The molecule has 0 aliphatic carbocycles. The Bertz CT molecular complexity index is 554. The van der Waals surface area contributed by atoms with Gasteiger partial charge in [0.15, 0.2) is 5.82 Å². The monoisotopic (exact) mass is 274 g/mol. The summed E-state index contributed by atoms with van der Waals surface area (Å²) in [5, 5.41) is 7.38. The third-order valence-corrected chi connectivity index (χ3v) is 3.25. The molecule has 20 heavy (non-hydrogen) atoms. The predicted molar refractivity (Wildman–Crippen MR) is 78.6 cm³/mol.